The van der Waals surface area contributed by atoms with E-state index in [2.05, 4.69) is 22.2 Å². The third kappa shape index (κ3) is 2.80. The second kappa shape index (κ2) is 5.65. The highest BCUT2D eigenvalue weighted by atomic mass is 16.6. The normalized spacial score (nSPS) is 19.0. The third-order valence-corrected chi connectivity index (χ3v) is 4.02. The predicted octanol–water partition coefficient (Wildman–Crippen LogP) is 2.51. The first-order valence-corrected chi connectivity index (χ1v) is 7.09. The molecule has 110 valence electrons. The van der Waals surface area contributed by atoms with Gasteiger partial charge in [-0.1, -0.05) is 12.1 Å². The number of likely N-dealkylation sites (tertiary alicyclic amines) is 1. The zero-order valence-electron chi connectivity index (χ0n) is 12.0. The molecule has 6 heteroatoms. The SMILES string of the molecule is CN1CCC(CNc2ccnc3c([N+](=O)[O-])cccc23)C1. The Morgan fingerprint density at radius 2 is 2.33 bits per heavy atom. The van der Waals surface area contributed by atoms with Crippen LogP contribution in [0, 0.1) is 16.0 Å². The number of nitro groups is 1. The minimum absolute atomic E-state index is 0.0525. The lowest BCUT2D eigenvalue weighted by Gasteiger charge is -2.14. The summed E-state index contributed by atoms with van der Waals surface area (Å²) in [6.07, 6.45) is 2.81. The molecule has 2 aromatic rings. The molecule has 1 aliphatic heterocycles. The van der Waals surface area contributed by atoms with Crippen molar-refractivity contribution in [2.75, 3.05) is 32.0 Å². The van der Waals surface area contributed by atoms with Crippen molar-refractivity contribution in [2.45, 2.75) is 6.42 Å². The average molecular weight is 286 g/mol. The number of hydrogen-bond donors (Lipinski definition) is 1. The van der Waals surface area contributed by atoms with Gasteiger partial charge in [0.2, 0.25) is 0 Å². The van der Waals surface area contributed by atoms with Crippen molar-refractivity contribution < 1.29 is 4.92 Å². The molecule has 0 saturated carbocycles. The number of para-hydroxylation sites is 1. The van der Waals surface area contributed by atoms with Crippen LogP contribution in [-0.2, 0) is 0 Å². The van der Waals surface area contributed by atoms with Crippen LogP contribution in [0.2, 0.25) is 0 Å². The van der Waals surface area contributed by atoms with Crippen LogP contribution in [0.3, 0.4) is 0 Å². The molecule has 2 heterocycles. The quantitative estimate of drug-likeness (QED) is 0.690. The van der Waals surface area contributed by atoms with Gasteiger partial charge in [-0.2, -0.15) is 0 Å². The summed E-state index contributed by atoms with van der Waals surface area (Å²) in [5, 5.41) is 15.3. The number of nitro benzene ring substituents is 1. The predicted molar refractivity (Wildman–Crippen MR) is 82.5 cm³/mol. The number of nitrogens with zero attached hydrogens (tertiary/aromatic N) is 3. The van der Waals surface area contributed by atoms with E-state index in [1.54, 1.807) is 12.3 Å². The van der Waals surface area contributed by atoms with E-state index >= 15 is 0 Å². The maximum Gasteiger partial charge on any atom is 0.295 e. The Balaban J connectivity index is 1.85. The molecule has 0 amide bonds. The highest BCUT2D eigenvalue weighted by Crippen LogP contribution is 2.29. The number of benzene rings is 1. The van der Waals surface area contributed by atoms with Gasteiger partial charge in [0.1, 0.15) is 5.52 Å². The summed E-state index contributed by atoms with van der Waals surface area (Å²) in [6, 6.07) is 6.95. The molecule has 1 saturated heterocycles. The Labute approximate surface area is 122 Å². The second-order valence-corrected chi connectivity index (χ2v) is 5.59. The fourth-order valence-corrected chi connectivity index (χ4v) is 2.91. The minimum Gasteiger partial charge on any atom is -0.384 e. The lowest BCUT2D eigenvalue weighted by atomic mass is 10.1. The van der Waals surface area contributed by atoms with Gasteiger partial charge in [-0.3, -0.25) is 10.1 Å². The van der Waals surface area contributed by atoms with E-state index in [4.69, 9.17) is 0 Å². The highest BCUT2D eigenvalue weighted by molar-refractivity contribution is 5.96. The summed E-state index contributed by atoms with van der Waals surface area (Å²) in [5.74, 6) is 0.622. The molecule has 1 fully saturated rings. The first-order chi connectivity index (χ1) is 10.1. The summed E-state index contributed by atoms with van der Waals surface area (Å²) in [5.41, 5.74) is 1.41. The van der Waals surface area contributed by atoms with Crippen molar-refractivity contribution >= 4 is 22.3 Å². The molecule has 1 N–H and O–H groups in total. The van der Waals surface area contributed by atoms with Crippen LogP contribution in [-0.4, -0.2) is 41.5 Å². The molecular formula is C15H18N4O2. The summed E-state index contributed by atoms with van der Waals surface area (Å²) in [4.78, 5) is 17.2. The fraction of sp³-hybridized carbons (Fsp3) is 0.400. The van der Waals surface area contributed by atoms with Crippen molar-refractivity contribution in [3.8, 4) is 0 Å². The Morgan fingerprint density at radius 3 is 3.05 bits per heavy atom. The van der Waals surface area contributed by atoms with Gasteiger partial charge in [-0.05, 0) is 32.0 Å². The van der Waals surface area contributed by atoms with Crippen LogP contribution in [0.1, 0.15) is 6.42 Å². The molecule has 1 aromatic carbocycles. The van der Waals surface area contributed by atoms with Gasteiger partial charge in [-0.25, -0.2) is 4.98 Å². The Morgan fingerprint density at radius 1 is 1.48 bits per heavy atom. The van der Waals surface area contributed by atoms with Crippen LogP contribution in [0.5, 0.6) is 0 Å². The van der Waals surface area contributed by atoms with Gasteiger partial charge in [0.25, 0.3) is 5.69 Å². The summed E-state index contributed by atoms with van der Waals surface area (Å²) < 4.78 is 0. The molecule has 0 spiro atoms. The first kappa shape index (κ1) is 13.8. The van der Waals surface area contributed by atoms with Gasteiger partial charge in [0.05, 0.1) is 4.92 Å². The Kier molecular flexibility index (Phi) is 3.70. The lowest BCUT2D eigenvalue weighted by Crippen LogP contribution is -2.19. The van der Waals surface area contributed by atoms with E-state index in [9.17, 15) is 10.1 Å². The third-order valence-electron chi connectivity index (χ3n) is 4.02. The van der Waals surface area contributed by atoms with Gasteiger partial charge in [-0.15, -0.1) is 0 Å². The number of fused-ring (bicyclic) bond motifs is 1. The zero-order chi connectivity index (χ0) is 14.8. The average Bonchev–Trinajstić information content (AvgIpc) is 2.90. The van der Waals surface area contributed by atoms with Gasteiger partial charge < -0.3 is 10.2 Å². The van der Waals surface area contributed by atoms with Crippen molar-refractivity contribution in [3.05, 3.63) is 40.6 Å². The number of non-ortho nitro benzene ring substituents is 1. The van der Waals surface area contributed by atoms with Crippen molar-refractivity contribution in [3.63, 3.8) is 0 Å². The first-order valence-electron chi connectivity index (χ1n) is 7.09. The van der Waals surface area contributed by atoms with E-state index in [0.29, 0.717) is 11.4 Å². The number of rotatable bonds is 4. The van der Waals surface area contributed by atoms with E-state index in [1.807, 2.05) is 12.1 Å². The summed E-state index contributed by atoms with van der Waals surface area (Å²) in [6.45, 7) is 3.11. The molecule has 0 aliphatic carbocycles. The second-order valence-electron chi connectivity index (χ2n) is 5.59. The maximum absolute atomic E-state index is 11.1. The Bertz CT molecular complexity index is 674. The van der Waals surface area contributed by atoms with Crippen molar-refractivity contribution in [1.82, 2.24) is 9.88 Å². The van der Waals surface area contributed by atoms with E-state index in [1.165, 1.54) is 12.5 Å². The molecule has 1 unspecified atom stereocenters. The van der Waals surface area contributed by atoms with Crippen molar-refractivity contribution in [2.24, 2.45) is 5.92 Å². The van der Waals surface area contributed by atoms with E-state index in [0.717, 1.165) is 30.7 Å². The van der Waals surface area contributed by atoms with Gasteiger partial charge in [0.15, 0.2) is 0 Å². The largest absolute Gasteiger partial charge is 0.384 e. The van der Waals surface area contributed by atoms with Crippen LogP contribution in [0.15, 0.2) is 30.5 Å². The van der Waals surface area contributed by atoms with Crippen LogP contribution in [0.4, 0.5) is 11.4 Å². The molecular weight excluding hydrogens is 268 g/mol. The van der Waals surface area contributed by atoms with Gasteiger partial charge in [0, 0.05) is 36.4 Å². The molecule has 1 atom stereocenters. The summed E-state index contributed by atoms with van der Waals surface area (Å²) in [7, 11) is 2.13. The summed E-state index contributed by atoms with van der Waals surface area (Å²) >= 11 is 0. The minimum atomic E-state index is -0.384. The van der Waals surface area contributed by atoms with Crippen LogP contribution >= 0.6 is 0 Å². The fourth-order valence-electron chi connectivity index (χ4n) is 2.91. The lowest BCUT2D eigenvalue weighted by molar-refractivity contribution is -0.383. The molecule has 21 heavy (non-hydrogen) atoms. The molecule has 1 aromatic heterocycles. The standard InChI is InChI=1S/C15H18N4O2/c1-18-8-6-11(10-18)9-17-13-5-7-16-15-12(13)3-2-4-14(15)19(20)21/h2-5,7,11H,6,8-10H2,1H3,(H,16,17). The number of hydrogen-bond acceptors (Lipinski definition) is 5. The highest BCUT2D eigenvalue weighted by Gasteiger charge is 2.20. The van der Waals surface area contributed by atoms with E-state index in [-0.39, 0.29) is 10.6 Å². The molecule has 3 rings (SSSR count). The van der Waals surface area contributed by atoms with Crippen molar-refractivity contribution in [1.29, 1.82) is 0 Å². The smallest absolute Gasteiger partial charge is 0.295 e. The number of pyridine rings is 1. The molecule has 0 bridgehead atoms. The monoisotopic (exact) mass is 286 g/mol. The topological polar surface area (TPSA) is 71.3 Å². The van der Waals surface area contributed by atoms with E-state index < -0.39 is 0 Å². The molecule has 0 radical (unpaired) electrons. The molecule has 6 nitrogen and oxygen atoms in total. The van der Waals surface area contributed by atoms with Crippen LogP contribution < -0.4 is 5.32 Å². The molecule has 1 aliphatic rings. The van der Waals surface area contributed by atoms with Gasteiger partial charge >= 0.3 is 0 Å². The number of aromatic nitrogens is 1. The maximum atomic E-state index is 11.1. The number of anilines is 1. The number of nitrogens with one attached hydrogen (secondary N) is 1. The van der Waals surface area contributed by atoms with Crippen LogP contribution in [0.25, 0.3) is 10.9 Å². The zero-order valence-corrected chi connectivity index (χ0v) is 12.0. The Hall–Kier alpha value is -2.21.